The lowest BCUT2D eigenvalue weighted by molar-refractivity contribution is -0.146. The summed E-state index contributed by atoms with van der Waals surface area (Å²) in [6, 6.07) is 9.63. The molecule has 3 aliphatic heterocycles. The highest BCUT2D eigenvalue weighted by molar-refractivity contribution is 6.00. The minimum Gasteiger partial charge on any atom is -0.497 e. The molecule has 100 heavy (non-hydrogen) atoms. The van der Waals surface area contributed by atoms with Crippen LogP contribution in [-0.4, -0.2) is 178 Å². The smallest absolute Gasteiger partial charge is 0.246 e. The molecule has 5 heterocycles. The van der Waals surface area contributed by atoms with Gasteiger partial charge in [-0.25, -0.2) is 13.2 Å². The Bertz CT molecular complexity index is 4020. The van der Waals surface area contributed by atoms with Gasteiger partial charge in [0.2, 0.25) is 65.0 Å². The summed E-state index contributed by atoms with van der Waals surface area (Å²) in [5.74, 6) is -9.69. The van der Waals surface area contributed by atoms with Gasteiger partial charge < -0.3 is 78.1 Å². The van der Waals surface area contributed by atoms with Gasteiger partial charge in [0.05, 0.1) is 20.1 Å². The summed E-state index contributed by atoms with van der Waals surface area (Å²) in [7, 11) is 1.49. The summed E-state index contributed by atoms with van der Waals surface area (Å²) >= 11 is 0. The van der Waals surface area contributed by atoms with Crippen LogP contribution < -0.4 is 58.3 Å². The largest absolute Gasteiger partial charge is 0.497 e. The topological polar surface area (TPSA) is 369 Å². The number of halogens is 3. The fourth-order valence-electron chi connectivity index (χ4n) is 13.1. The van der Waals surface area contributed by atoms with Crippen LogP contribution in [0.5, 0.6) is 5.75 Å². The highest BCUT2D eigenvalue weighted by atomic mass is 19.1. The van der Waals surface area contributed by atoms with Crippen LogP contribution in [0.1, 0.15) is 107 Å². The average Bonchev–Trinajstić information content (AvgIpc) is 1.60. The van der Waals surface area contributed by atoms with E-state index in [0.29, 0.717) is 75.5 Å². The normalized spacial score (nSPS) is 24.8. The van der Waals surface area contributed by atoms with Gasteiger partial charge in [-0.2, -0.15) is 0 Å². The molecule has 4 aromatic carbocycles. The van der Waals surface area contributed by atoms with E-state index in [1.54, 1.807) is 50.2 Å². The van der Waals surface area contributed by atoms with E-state index in [0.717, 1.165) is 17.4 Å². The van der Waals surface area contributed by atoms with Crippen molar-refractivity contribution in [2.75, 3.05) is 33.3 Å². The minimum atomic E-state index is -1.81. The zero-order valence-electron chi connectivity index (χ0n) is 56.5. The van der Waals surface area contributed by atoms with E-state index in [1.807, 2.05) is 12.1 Å². The number of rotatable bonds is 13. The predicted molar refractivity (Wildman–Crippen MR) is 363 cm³/mol. The van der Waals surface area contributed by atoms with Gasteiger partial charge in [0.15, 0.2) is 0 Å². The van der Waals surface area contributed by atoms with Crippen LogP contribution in [0.4, 0.5) is 13.2 Å². The molecule has 13 N–H and O–H groups in total. The number of hydrogen-bond donors (Lipinski definition) is 12. The molecular formula is C71H87F3N14O12. The van der Waals surface area contributed by atoms with E-state index in [1.165, 1.54) is 67.7 Å². The van der Waals surface area contributed by atoms with Crippen molar-refractivity contribution < 1.29 is 70.6 Å². The molecule has 9 rings (SSSR count). The second-order valence-electron chi connectivity index (χ2n) is 26.0. The van der Waals surface area contributed by atoms with Crippen molar-refractivity contribution in [2.24, 2.45) is 5.73 Å². The molecule has 0 saturated carbocycles. The number of unbranched alkanes of at least 4 members (excludes halogenated alkanes) is 1. The Labute approximate surface area is 575 Å². The Balaban J connectivity index is 1.06. The van der Waals surface area contributed by atoms with Crippen molar-refractivity contribution in [3.05, 3.63) is 137 Å². The maximum absolute atomic E-state index is 16.1. The molecule has 0 aliphatic carbocycles. The highest BCUT2D eigenvalue weighted by Crippen LogP contribution is 2.32. The fourth-order valence-corrected chi connectivity index (χ4v) is 13.1. The van der Waals surface area contributed by atoms with Gasteiger partial charge in [0, 0.05) is 86.4 Å². The van der Waals surface area contributed by atoms with E-state index in [-0.39, 0.29) is 58.3 Å². The Morgan fingerprint density at radius 2 is 1.28 bits per heavy atom. The Kier molecular flexibility index (Phi) is 24.8. The lowest BCUT2D eigenvalue weighted by Gasteiger charge is -2.36. The van der Waals surface area contributed by atoms with Crippen LogP contribution in [0, 0.1) is 11.6 Å². The Morgan fingerprint density at radius 1 is 0.680 bits per heavy atom. The van der Waals surface area contributed by atoms with Crippen LogP contribution in [0.15, 0.2) is 97.3 Å². The van der Waals surface area contributed by atoms with E-state index >= 15 is 23.2 Å². The van der Waals surface area contributed by atoms with Crippen molar-refractivity contribution in [3.63, 3.8) is 0 Å². The Hall–Kier alpha value is -10.3. The third-order valence-corrected chi connectivity index (χ3v) is 18.6. The summed E-state index contributed by atoms with van der Waals surface area (Å²) in [5.41, 5.74) is 7.93. The molecular weight excluding hydrogens is 1300 g/mol. The summed E-state index contributed by atoms with van der Waals surface area (Å²) in [5, 5.41) is 24.9. The number of ether oxygens (including phenoxy) is 1. The molecule has 11 amide bonds. The molecule has 3 aliphatic rings. The molecule has 1 unspecified atom stereocenters. The average molecular weight is 1390 g/mol. The third-order valence-electron chi connectivity index (χ3n) is 18.6. The van der Waals surface area contributed by atoms with Crippen molar-refractivity contribution in [3.8, 4) is 5.75 Å². The van der Waals surface area contributed by atoms with Gasteiger partial charge in [0.1, 0.15) is 77.4 Å². The van der Waals surface area contributed by atoms with Crippen LogP contribution in [0.2, 0.25) is 0 Å². The number of hydrogen-bond acceptors (Lipinski definition) is 13. The second kappa shape index (κ2) is 33.5. The zero-order valence-corrected chi connectivity index (χ0v) is 56.5. The molecule has 2 aromatic heterocycles. The first-order valence-corrected chi connectivity index (χ1v) is 33.7. The third kappa shape index (κ3) is 18.5. The van der Waals surface area contributed by atoms with Crippen molar-refractivity contribution >= 4 is 86.8 Å². The molecule has 26 nitrogen and oxygen atoms in total. The van der Waals surface area contributed by atoms with Gasteiger partial charge >= 0.3 is 0 Å². The lowest BCUT2D eigenvalue weighted by Crippen LogP contribution is -2.62. The minimum absolute atomic E-state index is 0.0141. The first-order valence-electron chi connectivity index (χ1n) is 33.7. The molecule has 2 saturated heterocycles. The summed E-state index contributed by atoms with van der Waals surface area (Å²) in [6.07, 6.45) is 0.795. The van der Waals surface area contributed by atoms with Gasteiger partial charge in [-0.1, -0.05) is 43.3 Å². The van der Waals surface area contributed by atoms with Crippen LogP contribution in [0.25, 0.3) is 21.8 Å². The number of H-pyrrole nitrogens is 2. The number of nitrogens with two attached hydrogens (primary N) is 1. The summed E-state index contributed by atoms with van der Waals surface area (Å²) < 4.78 is 51.4. The SMILES string of the molecule is CCC1NC(=O)[C@@H]2C[C@H](F)CN2C(=O)[C@H](Cc2c[nH]c3ccc(F)cc23)NC(=O)[C@H](Cc2c[nH]c3ccc(F)cc23)NC(=O)[C@@H](C)NC(=O)[C@H](CCCCN)NC(=O)[C@@H](NC(C)=O)CC(=O)NCc2cccc(c2)CCNC(=O)[C@]2(C)CCCN2C(=O)[C@H](Cc2ccc(OC)cc2)NC1=O. The number of alkyl halides is 1. The molecule has 29 heteroatoms. The quantitative estimate of drug-likeness (QED) is 0.0741. The summed E-state index contributed by atoms with van der Waals surface area (Å²) in [4.78, 5) is 167. The number of aromatic nitrogens is 2. The van der Waals surface area contributed by atoms with E-state index in [4.69, 9.17) is 10.5 Å². The van der Waals surface area contributed by atoms with Crippen LogP contribution in [0.3, 0.4) is 0 Å². The molecule has 10 atom stereocenters. The van der Waals surface area contributed by atoms with Crippen LogP contribution in [-0.2, 0) is 85.0 Å². The fraction of sp³-hybridized carbons (Fsp3) is 0.451. The molecule has 2 bridgehead atoms. The highest BCUT2D eigenvalue weighted by Gasteiger charge is 2.48. The number of fused-ring (bicyclic) bond motifs is 6. The number of aromatic amines is 2. The molecule has 534 valence electrons. The molecule has 0 radical (unpaired) electrons. The van der Waals surface area contributed by atoms with Crippen LogP contribution >= 0.6 is 0 Å². The molecule has 2 fully saturated rings. The lowest BCUT2D eigenvalue weighted by atomic mass is 9.95. The van der Waals surface area contributed by atoms with Gasteiger partial charge in [-0.3, -0.25) is 52.7 Å². The maximum Gasteiger partial charge on any atom is 0.246 e. The number of benzene rings is 4. The van der Waals surface area contributed by atoms with Gasteiger partial charge in [-0.05, 0) is 142 Å². The zero-order chi connectivity index (χ0) is 71.9. The number of nitrogens with zero attached hydrogens (tertiary/aromatic N) is 2. The summed E-state index contributed by atoms with van der Waals surface area (Å²) in [6.45, 7) is 5.48. The predicted octanol–water partition coefficient (Wildman–Crippen LogP) is 2.64. The first kappa shape index (κ1) is 73.9. The van der Waals surface area contributed by atoms with E-state index in [9.17, 15) is 42.7 Å². The second-order valence-corrected chi connectivity index (χ2v) is 26.0. The molecule has 0 spiro atoms. The number of methoxy groups -OCH3 is 1. The van der Waals surface area contributed by atoms with Gasteiger partial charge in [0.25, 0.3) is 0 Å². The van der Waals surface area contributed by atoms with Gasteiger partial charge in [-0.15, -0.1) is 0 Å². The number of nitrogens with one attached hydrogen (secondary N) is 11. The van der Waals surface area contributed by atoms with Crippen molar-refractivity contribution in [1.29, 1.82) is 0 Å². The monoisotopic (exact) mass is 1380 g/mol. The maximum atomic E-state index is 16.1. The van der Waals surface area contributed by atoms with Crippen molar-refractivity contribution in [2.45, 2.75) is 171 Å². The standard InChI is InChI=1S/C71H87F3N14O12/c1-6-52-63(92)85-58(28-42-14-18-49(100-5)19-15-42)69(98)88-26-10-23-71(88,4)70(99)76-25-22-41-11-9-12-43(27-41)35-79-61(90)34-57(81-40(3)89)66(95)83-55(13-7-8-24-75)64(93)80-39(2)62(91)84-56(29-44-36-77-53-20-16-46(72)31-50(44)53)65(94)86-59(30-45-37-78-54-21-17-47(73)32-51(45)54)68(97)87-38-48(74)33-60(87)67(96)82-52/h9,11-12,14-21,27,31-32,36-37,39,48,52,55-60,77-78H,6-8,10,13,22-26,28-30,33-35,38,75H2,1-5H3,(H,76,99)(H,79,90)(H,80,93)(H,81,89)(H,82,96)(H,83,95)(H,84,91)(H,85,92)(H,86,94)/t39-,48+,52?,55+,56+,57+,58+,59+,60+,71+/m1/s1. The molecule has 6 aromatic rings. The number of carbonyl (C=O) groups excluding carboxylic acids is 11. The Morgan fingerprint density at radius 3 is 1.92 bits per heavy atom. The van der Waals surface area contributed by atoms with E-state index < -0.39 is 162 Å². The first-order chi connectivity index (χ1) is 47.8. The number of carbonyl (C=O) groups is 11. The number of amides is 11. The van der Waals surface area contributed by atoms with Crippen molar-refractivity contribution in [1.82, 2.24) is 67.6 Å². The van der Waals surface area contributed by atoms with E-state index in [2.05, 4.69) is 57.8 Å².